The lowest BCUT2D eigenvalue weighted by molar-refractivity contribution is 0.596. The first-order valence-electron chi connectivity index (χ1n) is 10.6. The van der Waals surface area contributed by atoms with E-state index in [1.807, 2.05) is 48.5 Å². The van der Waals surface area contributed by atoms with E-state index in [2.05, 4.69) is 6.92 Å². The molecule has 2 N–H and O–H groups in total. The number of nitrogens with two attached hydrogens (primary N) is 1. The summed E-state index contributed by atoms with van der Waals surface area (Å²) in [6, 6.07) is 21.5. The number of para-hydroxylation sites is 1. The lowest BCUT2D eigenvalue weighted by Gasteiger charge is -2.13. The Balaban J connectivity index is 2.08. The van der Waals surface area contributed by atoms with E-state index in [1.165, 1.54) is 6.07 Å². The summed E-state index contributed by atoms with van der Waals surface area (Å²) in [5.41, 5.74) is 4.76. The van der Waals surface area contributed by atoms with Gasteiger partial charge >= 0.3 is 0 Å². The second-order valence-electron chi connectivity index (χ2n) is 7.72. The number of halogens is 2. The number of benzene rings is 3. The number of unbranched alkanes of at least 4 members (excludes halogenated alkanes) is 1. The molecule has 0 saturated carbocycles. The summed E-state index contributed by atoms with van der Waals surface area (Å²) >= 11 is 12.3. The van der Waals surface area contributed by atoms with Gasteiger partial charge in [-0.25, -0.2) is 18.2 Å². The highest BCUT2D eigenvalue weighted by Gasteiger charge is 2.24. The van der Waals surface area contributed by atoms with Gasteiger partial charge in [0.2, 0.25) is 10.0 Å². The fraction of sp³-hybridized carbons (Fsp3) is 0.160. The number of rotatable bonds is 7. The van der Waals surface area contributed by atoms with Crippen molar-refractivity contribution in [2.24, 2.45) is 5.14 Å². The molecule has 0 aliphatic carbocycles. The van der Waals surface area contributed by atoms with Crippen LogP contribution in [-0.4, -0.2) is 18.2 Å². The van der Waals surface area contributed by atoms with Crippen LogP contribution in [0.5, 0.6) is 0 Å². The zero-order chi connectivity index (χ0) is 23.6. The molecule has 0 unspecified atom stereocenters. The summed E-state index contributed by atoms with van der Waals surface area (Å²) in [6.45, 7) is 2.13. The third-order valence-electron chi connectivity index (χ3n) is 5.40. The molecule has 0 bridgehead atoms. The normalized spacial score (nSPS) is 11.6. The fourth-order valence-corrected chi connectivity index (χ4v) is 4.80. The number of hydrogen-bond acceptors (Lipinski definition) is 3. The van der Waals surface area contributed by atoms with E-state index in [1.54, 1.807) is 22.9 Å². The molecule has 0 amide bonds. The standard InChI is InChI=1S/C25H23Cl2N3O2S/c1-2-3-6-21-24(17-9-13-19(26)14-10-17)29-30(25(21)18-11-15-20(27)16-12-18)22-7-4-5-8-23(22)33(28,31)32/h4-5,7-16H,2-3,6H2,1H3,(H2,28,31,32). The first-order valence-corrected chi connectivity index (χ1v) is 12.9. The molecule has 1 aromatic heterocycles. The van der Waals surface area contributed by atoms with E-state index in [4.69, 9.17) is 33.4 Å². The van der Waals surface area contributed by atoms with Crippen LogP contribution in [0.25, 0.3) is 28.2 Å². The van der Waals surface area contributed by atoms with E-state index in [-0.39, 0.29) is 4.90 Å². The Bertz CT molecular complexity index is 1380. The predicted molar refractivity (Wildman–Crippen MR) is 134 cm³/mol. The van der Waals surface area contributed by atoms with Gasteiger partial charge in [-0.2, -0.15) is 5.10 Å². The second kappa shape index (κ2) is 9.69. The maximum Gasteiger partial charge on any atom is 0.240 e. The Morgan fingerprint density at radius 1 is 0.879 bits per heavy atom. The van der Waals surface area contributed by atoms with Crippen LogP contribution in [0.4, 0.5) is 0 Å². The average molecular weight is 500 g/mol. The fourth-order valence-electron chi connectivity index (χ4n) is 3.83. The highest BCUT2D eigenvalue weighted by Crippen LogP contribution is 2.37. The van der Waals surface area contributed by atoms with Crippen LogP contribution < -0.4 is 5.14 Å². The van der Waals surface area contributed by atoms with E-state index < -0.39 is 10.0 Å². The summed E-state index contributed by atoms with van der Waals surface area (Å²) < 4.78 is 26.5. The van der Waals surface area contributed by atoms with Crippen LogP contribution >= 0.6 is 23.2 Å². The topological polar surface area (TPSA) is 78.0 Å². The quantitative estimate of drug-likeness (QED) is 0.315. The van der Waals surface area contributed by atoms with Crippen molar-refractivity contribution in [3.63, 3.8) is 0 Å². The molecule has 170 valence electrons. The highest BCUT2D eigenvalue weighted by atomic mass is 35.5. The molecule has 5 nitrogen and oxygen atoms in total. The minimum atomic E-state index is -3.98. The molecular weight excluding hydrogens is 477 g/mol. The van der Waals surface area contributed by atoms with Crippen LogP contribution in [0.3, 0.4) is 0 Å². The molecular formula is C25H23Cl2N3O2S. The van der Waals surface area contributed by atoms with Crippen LogP contribution in [-0.2, 0) is 16.4 Å². The molecule has 4 rings (SSSR count). The molecule has 33 heavy (non-hydrogen) atoms. The monoisotopic (exact) mass is 499 g/mol. The van der Waals surface area contributed by atoms with Gasteiger partial charge in [0.1, 0.15) is 4.90 Å². The molecule has 0 fully saturated rings. The largest absolute Gasteiger partial charge is 0.240 e. The summed E-state index contributed by atoms with van der Waals surface area (Å²) in [5.74, 6) is 0. The molecule has 0 aliphatic rings. The maximum atomic E-state index is 12.4. The molecule has 0 spiro atoms. The first-order chi connectivity index (χ1) is 15.8. The Kier molecular flexibility index (Phi) is 6.91. The molecule has 0 aliphatic heterocycles. The lowest BCUT2D eigenvalue weighted by atomic mass is 9.97. The number of sulfonamides is 1. The van der Waals surface area contributed by atoms with Crippen molar-refractivity contribution in [2.75, 3.05) is 0 Å². The zero-order valence-electron chi connectivity index (χ0n) is 18.0. The smallest absolute Gasteiger partial charge is 0.231 e. The molecule has 4 aromatic rings. The molecule has 0 atom stereocenters. The third kappa shape index (κ3) is 4.99. The van der Waals surface area contributed by atoms with Gasteiger partial charge in [0.25, 0.3) is 0 Å². The van der Waals surface area contributed by atoms with Crippen LogP contribution in [0.1, 0.15) is 25.3 Å². The van der Waals surface area contributed by atoms with E-state index >= 15 is 0 Å². The number of aromatic nitrogens is 2. The van der Waals surface area contributed by atoms with Gasteiger partial charge in [0.05, 0.1) is 17.1 Å². The molecule has 0 radical (unpaired) electrons. The van der Waals surface area contributed by atoms with Crippen molar-refractivity contribution < 1.29 is 8.42 Å². The molecule has 3 aromatic carbocycles. The summed E-state index contributed by atoms with van der Waals surface area (Å²) in [5, 5.41) is 11.7. The predicted octanol–water partition coefficient (Wildman–Crippen LogP) is 6.50. The number of hydrogen-bond donors (Lipinski definition) is 1. The minimum Gasteiger partial charge on any atom is -0.231 e. The SMILES string of the molecule is CCCCc1c(-c2ccc(Cl)cc2)nn(-c2ccccc2S(N)(=O)=O)c1-c1ccc(Cl)cc1. The van der Waals surface area contributed by atoms with E-state index in [9.17, 15) is 8.42 Å². The van der Waals surface area contributed by atoms with E-state index in [0.717, 1.165) is 47.3 Å². The van der Waals surface area contributed by atoms with Crippen molar-refractivity contribution in [2.45, 2.75) is 31.1 Å². The average Bonchev–Trinajstić information content (AvgIpc) is 3.17. The second-order valence-corrected chi connectivity index (χ2v) is 10.1. The van der Waals surface area contributed by atoms with Crippen molar-refractivity contribution in [3.8, 4) is 28.2 Å². The van der Waals surface area contributed by atoms with Crippen LogP contribution in [0.2, 0.25) is 10.0 Å². The zero-order valence-corrected chi connectivity index (χ0v) is 20.3. The van der Waals surface area contributed by atoms with Crippen molar-refractivity contribution >= 4 is 33.2 Å². The third-order valence-corrected chi connectivity index (χ3v) is 6.86. The van der Waals surface area contributed by atoms with Gasteiger partial charge in [-0.15, -0.1) is 0 Å². The van der Waals surface area contributed by atoms with Crippen molar-refractivity contribution in [1.82, 2.24) is 9.78 Å². The molecule has 8 heteroatoms. The van der Waals surface area contributed by atoms with Crippen LogP contribution in [0, 0.1) is 0 Å². The Morgan fingerprint density at radius 3 is 2.03 bits per heavy atom. The van der Waals surface area contributed by atoms with Gasteiger partial charge < -0.3 is 0 Å². The Hall–Kier alpha value is -2.64. The number of nitrogens with zero attached hydrogens (tertiary/aromatic N) is 2. The highest BCUT2D eigenvalue weighted by molar-refractivity contribution is 7.89. The van der Waals surface area contributed by atoms with Gasteiger partial charge in [-0.1, -0.05) is 72.9 Å². The number of primary sulfonamides is 1. The lowest BCUT2D eigenvalue weighted by Crippen LogP contribution is -2.16. The first kappa shape index (κ1) is 23.5. The van der Waals surface area contributed by atoms with Gasteiger partial charge in [-0.05, 0) is 49.2 Å². The van der Waals surface area contributed by atoms with E-state index in [0.29, 0.717) is 15.7 Å². The van der Waals surface area contributed by atoms with Gasteiger partial charge in [0.15, 0.2) is 0 Å². The Morgan fingerprint density at radius 2 is 1.45 bits per heavy atom. The maximum absolute atomic E-state index is 12.4. The van der Waals surface area contributed by atoms with Crippen molar-refractivity contribution in [1.29, 1.82) is 0 Å². The summed E-state index contributed by atoms with van der Waals surface area (Å²) in [7, 11) is -3.98. The van der Waals surface area contributed by atoms with Crippen molar-refractivity contribution in [3.05, 3.63) is 88.4 Å². The Labute approximate surface area is 203 Å². The van der Waals surface area contributed by atoms with Gasteiger partial charge in [-0.3, -0.25) is 0 Å². The summed E-state index contributed by atoms with van der Waals surface area (Å²) in [6.07, 6.45) is 2.72. The molecule has 0 saturated heterocycles. The molecule has 1 heterocycles. The van der Waals surface area contributed by atoms with Gasteiger partial charge in [0, 0.05) is 26.7 Å². The summed E-state index contributed by atoms with van der Waals surface area (Å²) in [4.78, 5) is 0.00686. The van der Waals surface area contributed by atoms with Crippen LogP contribution in [0.15, 0.2) is 77.7 Å². The minimum absolute atomic E-state index is 0.00686.